The van der Waals surface area contributed by atoms with Gasteiger partial charge in [-0.25, -0.2) is 0 Å². The Labute approximate surface area is 323 Å². The molecule has 0 fully saturated rings. The summed E-state index contributed by atoms with van der Waals surface area (Å²) in [6.07, 6.45) is 2.24. The number of fused-ring (bicyclic) bond motifs is 14. The summed E-state index contributed by atoms with van der Waals surface area (Å²) in [5, 5.41) is 11.1. The molecule has 2 aliphatic heterocycles. The molecule has 10 rings (SSSR count). The van der Waals surface area contributed by atoms with Gasteiger partial charge in [-0.3, -0.25) is 0 Å². The summed E-state index contributed by atoms with van der Waals surface area (Å²) in [5.41, 5.74) is 12.8. The van der Waals surface area contributed by atoms with Crippen LogP contribution in [-0.4, -0.2) is 10.3 Å². The summed E-state index contributed by atoms with van der Waals surface area (Å²) in [5.74, 6) is 0. The molecule has 8 aromatic rings. The van der Waals surface area contributed by atoms with Crippen molar-refractivity contribution in [1.29, 1.82) is 0 Å². The fourth-order valence-electron chi connectivity index (χ4n) is 10.0. The molecular formula is C52H48P2. The maximum Gasteiger partial charge on any atom is 0.0165 e. The molecule has 266 valence electrons. The molecule has 0 aromatic heterocycles. The van der Waals surface area contributed by atoms with Crippen molar-refractivity contribution < 1.29 is 0 Å². The molecule has 4 atom stereocenters. The third-order valence-corrected chi connectivity index (χ3v) is 20.0. The van der Waals surface area contributed by atoms with Crippen LogP contribution < -0.4 is 0 Å². The summed E-state index contributed by atoms with van der Waals surface area (Å²) >= 11 is 0. The average Bonchev–Trinajstić information content (AvgIpc) is 3.43. The van der Waals surface area contributed by atoms with Crippen LogP contribution in [0.2, 0.25) is 0 Å². The van der Waals surface area contributed by atoms with Gasteiger partial charge in [0, 0.05) is 11.3 Å². The lowest BCUT2D eigenvalue weighted by molar-refractivity contribution is 0.723. The quantitative estimate of drug-likeness (QED) is 0.147. The van der Waals surface area contributed by atoms with Crippen LogP contribution in [-0.2, 0) is 12.3 Å². The minimum absolute atomic E-state index is 0.123. The highest BCUT2D eigenvalue weighted by Crippen LogP contribution is 2.79. The Morgan fingerprint density at radius 3 is 0.981 bits per heavy atom. The van der Waals surface area contributed by atoms with E-state index >= 15 is 0 Å². The van der Waals surface area contributed by atoms with E-state index in [1.165, 1.54) is 76.5 Å². The molecule has 2 heteroatoms. The molecule has 2 aliphatic rings. The molecule has 0 bridgehead atoms. The Morgan fingerprint density at radius 2 is 0.648 bits per heavy atom. The monoisotopic (exact) mass is 734 g/mol. The normalized spacial score (nSPS) is 19.9. The fourth-order valence-corrected chi connectivity index (χ4v) is 17.3. The zero-order valence-corrected chi connectivity index (χ0v) is 34.1. The van der Waals surface area contributed by atoms with Crippen molar-refractivity contribution in [3.63, 3.8) is 0 Å². The maximum absolute atomic E-state index is 2.59. The van der Waals surface area contributed by atoms with Crippen molar-refractivity contribution in [3.8, 4) is 22.3 Å². The second-order valence-corrected chi connectivity index (χ2v) is 23.9. The molecule has 0 saturated carbocycles. The van der Waals surface area contributed by atoms with Crippen molar-refractivity contribution >= 4 is 58.9 Å². The second kappa shape index (κ2) is 12.6. The van der Waals surface area contributed by atoms with Gasteiger partial charge in [-0.15, -0.1) is 0 Å². The van der Waals surface area contributed by atoms with Crippen molar-refractivity contribution in [2.75, 3.05) is 0 Å². The summed E-state index contributed by atoms with van der Waals surface area (Å²) in [6, 6.07) is 56.5. The number of benzene rings is 8. The third-order valence-electron chi connectivity index (χ3n) is 12.5. The van der Waals surface area contributed by atoms with E-state index < -0.39 is 15.8 Å². The van der Waals surface area contributed by atoms with Crippen molar-refractivity contribution in [2.45, 2.75) is 75.5 Å². The van der Waals surface area contributed by atoms with Crippen LogP contribution in [0.3, 0.4) is 0 Å². The molecule has 54 heavy (non-hydrogen) atoms. The second-order valence-electron chi connectivity index (χ2n) is 17.6. The van der Waals surface area contributed by atoms with Gasteiger partial charge in [0.2, 0.25) is 0 Å². The Bertz CT molecular complexity index is 2580. The first-order valence-electron chi connectivity index (χ1n) is 19.7. The Hall–Kier alpha value is -4.34. The molecule has 0 radical (unpaired) electrons. The smallest absolute Gasteiger partial charge is 0.0165 e. The van der Waals surface area contributed by atoms with Gasteiger partial charge in [-0.2, -0.15) is 0 Å². The van der Waals surface area contributed by atoms with E-state index in [0.717, 1.165) is 12.3 Å². The molecule has 0 saturated heterocycles. The minimum Gasteiger partial charge on any atom is -0.0880 e. The van der Waals surface area contributed by atoms with E-state index in [-0.39, 0.29) is 10.3 Å². The fraction of sp³-hybridized carbons (Fsp3) is 0.231. The highest BCUT2D eigenvalue weighted by atomic mass is 31.1. The van der Waals surface area contributed by atoms with E-state index in [2.05, 4.69) is 187 Å². The van der Waals surface area contributed by atoms with Crippen molar-refractivity contribution in [1.82, 2.24) is 0 Å². The molecule has 8 aromatic carbocycles. The summed E-state index contributed by atoms with van der Waals surface area (Å²) < 4.78 is 0. The van der Waals surface area contributed by atoms with E-state index in [9.17, 15) is 0 Å². The summed E-state index contributed by atoms with van der Waals surface area (Å²) in [7, 11) is -1.11. The lowest BCUT2D eigenvalue weighted by Gasteiger charge is -2.48. The Balaban J connectivity index is 1.38. The SMILES string of the molecule is CC(C)(C)[P@]1Cc2ccc3ccccc3c2-c2c(ccc3ccccc23)C1C1c2ccc3ccccc3c2-c2c(ccc3ccccc23)C[P@@]1C(C)(C)C. The van der Waals surface area contributed by atoms with E-state index in [1.807, 2.05) is 0 Å². The third kappa shape index (κ3) is 5.32. The van der Waals surface area contributed by atoms with Gasteiger partial charge in [-0.1, -0.05) is 203 Å². The van der Waals surface area contributed by atoms with Crippen LogP contribution >= 0.6 is 15.8 Å². The molecule has 2 unspecified atom stereocenters. The first kappa shape index (κ1) is 34.2. The van der Waals surface area contributed by atoms with Crippen LogP contribution in [0.25, 0.3) is 65.3 Å². The Morgan fingerprint density at radius 1 is 0.352 bits per heavy atom. The van der Waals surface area contributed by atoms with E-state index in [4.69, 9.17) is 0 Å². The molecule has 0 spiro atoms. The number of rotatable bonds is 1. The highest BCUT2D eigenvalue weighted by molar-refractivity contribution is 7.63. The van der Waals surface area contributed by atoms with E-state index in [0.29, 0.717) is 11.3 Å². The topological polar surface area (TPSA) is 0 Å². The number of hydrogen-bond acceptors (Lipinski definition) is 0. The zero-order chi connectivity index (χ0) is 36.9. The average molecular weight is 735 g/mol. The molecule has 0 aliphatic carbocycles. The molecule has 0 amide bonds. The molecule has 0 nitrogen and oxygen atoms in total. The standard InChI is InChI=1S/C52H48P2/c1-51(2,3)53-31-37-25-23-33-15-7-11-19-39(33)45(37)47-41-21-13-9-17-35(41)27-29-43(47)49(53)50-44-30-28-36-18-10-14-22-42(36)48(44)46-38(32-54(50)52(4,5)6)26-24-34-16-8-12-20-40(34)46/h7-30,49-50H,31-32H2,1-6H3/t49?,50?,53-,54-/m1/s1. The van der Waals surface area contributed by atoms with Crippen LogP contribution in [0.15, 0.2) is 146 Å². The maximum atomic E-state index is 2.59. The number of hydrogen-bond donors (Lipinski definition) is 0. The van der Waals surface area contributed by atoms with Crippen LogP contribution in [0.1, 0.15) is 75.1 Å². The molecular weight excluding hydrogens is 687 g/mol. The molecule has 2 heterocycles. The van der Waals surface area contributed by atoms with Gasteiger partial charge >= 0.3 is 0 Å². The largest absolute Gasteiger partial charge is 0.0880 e. The summed E-state index contributed by atoms with van der Waals surface area (Å²) in [4.78, 5) is 0. The lowest BCUT2D eigenvalue weighted by atomic mass is 9.83. The van der Waals surface area contributed by atoms with Gasteiger partial charge in [0.1, 0.15) is 0 Å². The van der Waals surface area contributed by atoms with Gasteiger partial charge in [0.15, 0.2) is 0 Å². The zero-order valence-electron chi connectivity index (χ0n) is 32.3. The van der Waals surface area contributed by atoms with Gasteiger partial charge in [0.25, 0.3) is 0 Å². The first-order valence-corrected chi connectivity index (χ1v) is 22.9. The summed E-state index contributed by atoms with van der Waals surface area (Å²) in [6.45, 7) is 15.3. The lowest BCUT2D eigenvalue weighted by Crippen LogP contribution is -2.25. The van der Waals surface area contributed by atoms with Crippen LogP contribution in [0.5, 0.6) is 0 Å². The molecule has 0 N–H and O–H groups in total. The van der Waals surface area contributed by atoms with Gasteiger partial charge < -0.3 is 0 Å². The predicted octanol–water partition coefficient (Wildman–Crippen LogP) is 16.0. The van der Waals surface area contributed by atoms with Gasteiger partial charge in [0.05, 0.1) is 0 Å². The first-order chi connectivity index (χ1) is 26.1. The Kier molecular flexibility index (Phi) is 7.97. The van der Waals surface area contributed by atoms with Gasteiger partial charge in [-0.05, 0) is 110 Å². The predicted molar refractivity (Wildman–Crippen MR) is 240 cm³/mol. The van der Waals surface area contributed by atoms with Crippen LogP contribution in [0.4, 0.5) is 0 Å². The minimum atomic E-state index is -0.557. The van der Waals surface area contributed by atoms with Crippen molar-refractivity contribution in [3.05, 3.63) is 168 Å². The highest BCUT2D eigenvalue weighted by Gasteiger charge is 2.48. The van der Waals surface area contributed by atoms with E-state index in [1.54, 1.807) is 11.1 Å². The van der Waals surface area contributed by atoms with Crippen molar-refractivity contribution in [2.24, 2.45) is 0 Å². The van der Waals surface area contributed by atoms with Crippen LogP contribution in [0, 0.1) is 0 Å².